The van der Waals surface area contributed by atoms with Crippen LogP contribution in [0.3, 0.4) is 0 Å². The minimum absolute atomic E-state index is 0.117. The molecule has 0 fully saturated rings. The van der Waals surface area contributed by atoms with Crippen molar-refractivity contribution < 1.29 is 9.63 Å². The van der Waals surface area contributed by atoms with E-state index in [1.54, 1.807) is 6.21 Å². The van der Waals surface area contributed by atoms with Crippen molar-refractivity contribution in [2.45, 2.75) is 13.8 Å². The molecule has 1 amide bonds. The molecule has 1 N–H and O–H groups in total. The van der Waals surface area contributed by atoms with Crippen molar-refractivity contribution in [3.05, 3.63) is 62.7 Å². The van der Waals surface area contributed by atoms with E-state index in [-0.39, 0.29) is 12.5 Å². The molecule has 0 radical (unpaired) electrons. The number of aryl methyl sites for hydroxylation is 2. The summed E-state index contributed by atoms with van der Waals surface area (Å²) in [6.07, 6.45) is 1.61. The Kier molecular flexibility index (Phi) is 5.94. The largest absolute Gasteiger partial charge is 0.386 e. The highest BCUT2D eigenvalue weighted by Crippen LogP contribution is 2.17. The first-order valence-electron chi connectivity index (χ1n) is 6.83. The molecule has 2 aromatic carbocycles. The van der Waals surface area contributed by atoms with Gasteiger partial charge in [-0.2, -0.15) is 0 Å². The van der Waals surface area contributed by atoms with Crippen molar-refractivity contribution in [1.29, 1.82) is 0 Å². The van der Waals surface area contributed by atoms with Crippen LogP contribution in [0.1, 0.15) is 16.7 Å². The maximum absolute atomic E-state index is 11.8. The molecule has 0 saturated heterocycles. The van der Waals surface area contributed by atoms with Gasteiger partial charge in [-0.1, -0.05) is 29.4 Å². The molecule has 0 heterocycles. The summed E-state index contributed by atoms with van der Waals surface area (Å²) in [5.41, 5.74) is 3.88. The maximum atomic E-state index is 11.8. The number of oxime groups is 1. The van der Waals surface area contributed by atoms with Gasteiger partial charge in [0.25, 0.3) is 5.91 Å². The zero-order chi connectivity index (χ0) is 15.9. The fourth-order valence-corrected chi connectivity index (χ4v) is 2.52. The minimum atomic E-state index is -0.230. The maximum Gasteiger partial charge on any atom is 0.265 e. The lowest BCUT2D eigenvalue weighted by atomic mass is 10.1. The molecule has 4 nitrogen and oxygen atoms in total. The van der Waals surface area contributed by atoms with E-state index in [0.717, 1.165) is 25.9 Å². The van der Waals surface area contributed by atoms with Gasteiger partial charge < -0.3 is 10.2 Å². The molecular weight excluding hydrogens is 391 g/mol. The lowest BCUT2D eigenvalue weighted by Crippen LogP contribution is -2.17. The molecule has 0 aliphatic heterocycles. The van der Waals surface area contributed by atoms with E-state index in [2.05, 4.69) is 33.1 Å². The van der Waals surface area contributed by atoms with Crippen molar-refractivity contribution in [2.24, 2.45) is 5.16 Å². The van der Waals surface area contributed by atoms with Crippen LogP contribution >= 0.6 is 22.6 Å². The highest BCUT2D eigenvalue weighted by Gasteiger charge is 2.05. The molecule has 0 spiro atoms. The molecular formula is C17H17IN2O2. The highest BCUT2D eigenvalue weighted by molar-refractivity contribution is 14.1. The SMILES string of the molecule is Cc1ccccc1/C=N\OCC(=O)Nc1ccc(I)cc1C. The molecule has 2 aromatic rings. The van der Waals surface area contributed by atoms with E-state index >= 15 is 0 Å². The van der Waals surface area contributed by atoms with E-state index in [4.69, 9.17) is 4.84 Å². The Hall–Kier alpha value is -1.89. The van der Waals surface area contributed by atoms with E-state index in [9.17, 15) is 4.79 Å². The zero-order valence-corrected chi connectivity index (χ0v) is 14.6. The van der Waals surface area contributed by atoms with Crippen molar-refractivity contribution in [3.63, 3.8) is 0 Å². The Balaban J connectivity index is 1.84. The van der Waals surface area contributed by atoms with Crippen LogP contribution in [0.15, 0.2) is 47.6 Å². The number of anilines is 1. The van der Waals surface area contributed by atoms with Gasteiger partial charge in [0.1, 0.15) is 0 Å². The van der Waals surface area contributed by atoms with E-state index in [0.29, 0.717) is 0 Å². The molecule has 0 saturated carbocycles. The van der Waals surface area contributed by atoms with Crippen LogP contribution in [0.25, 0.3) is 0 Å². The second kappa shape index (κ2) is 7.93. The molecule has 5 heteroatoms. The van der Waals surface area contributed by atoms with Crippen molar-refractivity contribution in [2.75, 3.05) is 11.9 Å². The van der Waals surface area contributed by atoms with Crippen molar-refractivity contribution >= 4 is 40.4 Å². The predicted octanol–water partition coefficient (Wildman–Crippen LogP) is 3.90. The van der Waals surface area contributed by atoms with Crippen LogP contribution < -0.4 is 5.32 Å². The third-order valence-electron chi connectivity index (χ3n) is 3.11. The Bertz CT molecular complexity index is 699. The molecule has 0 aliphatic carbocycles. The number of hydrogen-bond donors (Lipinski definition) is 1. The van der Waals surface area contributed by atoms with E-state index in [1.807, 2.05) is 56.3 Å². The summed E-state index contributed by atoms with van der Waals surface area (Å²) in [5.74, 6) is -0.230. The summed E-state index contributed by atoms with van der Waals surface area (Å²) in [5, 5.41) is 6.64. The summed E-state index contributed by atoms with van der Waals surface area (Å²) in [6.45, 7) is 3.83. The van der Waals surface area contributed by atoms with Crippen molar-refractivity contribution in [3.8, 4) is 0 Å². The summed E-state index contributed by atoms with van der Waals surface area (Å²) >= 11 is 2.23. The second-order valence-corrected chi connectivity index (χ2v) is 6.12. The smallest absolute Gasteiger partial charge is 0.265 e. The number of carbonyl (C=O) groups is 1. The standard InChI is InChI=1S/C17H17IN2O2/c1-12-5-3-4-6-14(12)10-19-22-11-17(21)20-16-8-7-15(18)9-13(16)2/h3-10H,11H2,1-2H3,(H,20,21)/b19-10-. The first kappa shape index (κ1) is 16.5. The molecule has 22 heavy (non-hydrogen) atoms. The van der Waals surface area contributed by atoms with Gasteiger partial charge in [-0.05, 0) is 71.3 Å². The lowest BCUT2D eigenvalue weighted by molar-refractivity contribution is -0.120. The predicted molar refractivity (Wildman–Crippen MR) is 97.3 cm³/mol. The van der Waals surface area contributed by atoms with Gasteiger partial charge in [0.2, 0.25) is 0 Å². The first-order chi connectivity index (χ1) is 10.6. The fraction of sp³-hybridized carbons (Fsp3) is 0.176. The third kappa shape index (κ3) is 4.84. The number of amides is 1. The molecule has 114 valence electrons. The number of nitrogens with zero attached hydrogens (tertiary/aromatic N) is 1. The number of benzene rings is 2. The number of halogens is 1. The van der Waals surface area contributed by atoms with Gasteiger partial charge in [-0.25, -0.2) is 0 Å². The average molecular weight is 408 g/mol. The van der Waals surface area contributed by atoms with E-state index in [1.165, 1.54) is 0 Å². The third-order valence-corrected chi connectivity index (χ3v) is 3.78. The summed E-state index contributed by atoms with van der Waals surface area (Å²) < 4.78 is 1.13. The van der Waals surface area contributed by atoms with Gasteiger partial charge >= 0.3 is 0 Å². The Morgan fingerprint density at radius 2 is 2.00 bits per heavy atom. The highest BCUT2D eigenvalue weighted by atomic mass is 127. The topological polar surface area (TPSA) is 50.7 Å². The summed E-state index contributed by atoms with van der Waals surface area (Å²) in [7, 11) is 0. The molecule has 0 unspecified atom stereocenters. The number of carbonyl (C=O) groups excluding carboxylic acids is 1. The van der Waals surface area contributed by atoms with Crippen molar-refractivity contribution in [1.82, 2.24) is 0 Å². The number of rotatable bonds is 5. The Labute approximate surface area is 143 Å². The van der Waals surface area contributed by atoms with Gasteiger partial charge in [-0.3, -0.25) is 4.79 Å². The Morgan fingerprint density at radius 1 is 1.23 bits per heavy atom. The Morgan fingerprint density at radius 3 is 2.73 bits per heavy atom. The quantitative estimate of drug-likeness (QED) is 0.464. The van der Waals surface area contributed by atoms with Crippen LogP contribution in [-0.4, -0.2) is 18.7 Å². The van der Waals surface area contributed by atoms with Gasteiger partial charge in [0, 0.05) is 9.26 Å². The summed E-state index contributed by atoms with van der Waals surface area (Å²) in [6, 6.07) is 13.7. The monoisotopic (exact) mass is 408 g/mol. The summed E-state index contributed by atoms with van der Waals surface area (Å²) in [4.78, 5) is 16.9. The van der Waals surface area contributed by atoms with Gasteiger partial charge in [0.15, 0.2) is 6.61 Å². The fourth-order valence-electron chi connectivity index (χ4n) is 1.88. The normalized spacial score (nSPS) is 10.7. The van der Waals surface area contributed by atoms with Crippen LogP contribution in [0.2, 0.25) is 0 Å². The number of hydrogen-bond acceptors (Lipinski definition) is 3. The average Bonchev–Trinajstić information content (AvgIpc) is 2.48. The number of nitrogens with one attached hydrogen (secondary N) is 1. The molecule has 0 bridgehead atoms. The first-order valence-corrected chi connectivity index (χ1v) is 7.91. The second-order valence-electron chi connectivity index (χ2n) is 4.87. The van der Waals surface area contributed by atoms with Crippen LogP contribution in [0.4, 0.5) is 5.69 Å². The van der Waals surface area contributed by atoms with Crippen LogP contribution in [0.5, 0.6) is 0 Å². The van der Waals surface area contributed by atoms with Gasteiger partial charge in [-0.15, -0.1) is 0 Å². The molecule has 0 atom stereocenters. The minimum Gasteiger partial charge on any atom is -0.386 e. The van der Waals surface area contributed by atoms with Gasteiger partial charge in [0.05, 0.1) is 6.21 Å². The van der Waals surface area contributed by atoms with Crippen LogP contribution in [-0.2, 0) is 9.63 Å². The molecule has 2 rings (SSSR count). The molecule has 0 aromatic heterocycles. The zero-order valence-electron chi connectivity index (χ0n) is 12.5. The lowest BCUT2D eigenvalue weighted by Gasteiger charge is -2.08. The van der Waals surface area contributed by atoms with E-state index < -0.39 is 0 Å². The van der Waals surface area contributed by atoms with Crippen LogP contribution in [0, 0.1) is 17.4 Å². The molecule has 0 aliphatic rings.